The van der Waals surface area contributed by atoms with Gasteiger partial charge in [-0.25, -0.2) is 14.8 Å². The summed E-state index contributed by atoms with van der Waals surface area (Å²) in [5.74, 6) is -0.323. The van der Waals surface area contributed by atoms with E-state index in [0.29, 0.717) is 12.4 Å². The van der Waals surface area contributed by atoms with Crippen molar-refractivity contribution in [3.05, 3.63) is 42.1 Å². The van der Waals surface area contributed by atoms with E-state index in [9.17, 15) is 4.79 Å². The van der Waals surface area contributed by atoms with E-state index in [1.807, 2.05) is 17.7 Å². The van der Waals surface area contributed by atoms with Crippen molar-refractivity contribution in [1.82, 2.24) is 14.5 Å². The number of anilines is 1. The molecule has 0 radical (unpaired) electrons. The summed E-state index contributed by atoms with van der Waals surface area (Å²) in [6.45, 7) is 3.46. The van der Waals surface area contributed by atoms with Crippen molar-refractivity contribution < 1.29 is 9.90 Å². The third kappa shape index (κ3) is 3.81. The van der Waals surface area contributed by atoms with Crippen LogP contribution in [0.5, 0.6) is 0 Å². The molecule has 0 aromatic carbocycles. The van der Waals surface area contributed by atoms with Crippen molar-refractivity contribution in [1.29, 1.82) is 0 Å². The van der Waals surface area contributed by atoms with Crippen LogP contribution in [0.25, 0.3) is 0 Å². The van der Waals surface area contributed by atoms with Gasteiger partial charge in [-0.05, 0) is 18.6 Å². The molecule has 0 aliphatic heterocycles. The number of nitrogens with zero attached hydrogens (tertiary/aromatic N) is 3. The first kappa shape index (κ1) is 14.0. The quantitative estimate of drug-likeness (QED) is 0.807. The molecule has 0 spiro atoms. The number of hydrogen-bond donors (Lipinski definition) is 2. The molecule has 2 rings (SSSR count). The van der Waals surface area contributed by atoms with Gasteiger partial charge in [-0.2, -0.15) is 0 Å². The van der Waals surface area contributed by atoms with E-state index in [1.165, 1.54) is 0 Å². The van der Waals surface area contributed by atoms with Gasteiger partial charge in [0.2, 0.25) is 0 Å². The highest BCUT2D eigenvalue weighted by atomic mass is 16.4. The van der Waals surface area contributed by atoms with Crippen LogP contribution in [-0.2, 0) is 13.0 Å². The molecule has 2 aromatic heterocycles. The standard InChI is InChI=1S/C14H18N4O2/c1-2-3-12-8-11(14(19)20)9-13(17-12)16-5-7-18-6-4-15-10-18/h4,6,8-10H,2-3,5,7H2,1H3,(H,16,17)(H,19,20). The summed E-state index contributed by atoms with van der Waals surface area (Å²) >= 11 is 0. The van der Waals surface area contributed by atoms with Gasteiger partial charge in [-0.3, -0.25) is 0 Å². The van der Waals surface area contributed by atoms with Crippen molar-refractivity contribution in [3.63, 3.8) is 0 Å². The van der Waals surface area contributed by atoms with E-state index in [-0.39, 0.29) is 5.56 Å². The normalized spacial score (nSPS) is 10.4. The fourth-order valence-corrected chi connectivity index (χ4v) is 1.92. The summed E-state index contributed by atoms with van der Waals surface area (Å²) in [7, 11) is 0. The Morgan fingerprint density at radius 3 is 2.95 bits per heavy atom. The Hall–Kier alpha value is -2.37. The highest BCUT2D eigenvalue weighted by molar-refractivity contribution is 5.88. The Morgan fingerprint density at radius 2 is 2.30 bits per heavy atom. The second-order valence-corrected chi connectivity index (χ2v) is 4.51. The minimum Gasteiger partial charge on any atom is -0.478 e. The number of aryl methyl sites for hydroxylation is 1. The van der Waals surface area contributed by atoms with Crippen LogP contribution in [0.4, 0.5) is 5.82 Å². The molecule has 0 aliphatic carbocycles. The highest BCUT2D eigenvalue weighted by Crippen LogP contribution is 2.12. The van der Waals surface area contributed by atoms with Crippen LogP contribution in [-0.4, -0.2) is 32.2 Å². The maximum Gasteiger partial charge on any atom is 0.335 e. The van der Waals surface area contributed by atoms with Gasteiger partial charge in [0, 0.05) is 31.2 Å². The predicted octanol–water partition coefficient (Wildman–Crippen LogP) is 2.04. The van der Waals surface area contributed by atoms with Gasteiger partial charge in [0.05, 0.1) is 11.9 Å². The monoisotopic (exact) mass is 274 g/mol. The molecular weight excluding hydrogens is 256 g/mol. The zero-order chi connectivity index (χ0) is 14.4. The molecule has 0 unspecified atom stereocenters. The SMILES string of the molecule is CCCc1cc(C(=O)O)cc(NCCn2ccnc2)n1. The Kier molecular flexibility index (Phi) is 4.70. The number of carboxylic acid groups (broad SMARTS) is 1. The Bertz CT molecular complexity index is 567. The fraction of sp³-hybridized carbons (Fsp3) is 0.357. The van der Waals surface area contributed by atoms with Gasteiger partial charge in [0.25, 0.3) is 0 Å². The van der Waals surface area contributed by atoms with E-state index < -0.39 is 5.97 Å². The van der Waals surface area contributed by atoms with Gasteiger partial charge in [0.15, 0.2) is 0 Å². The van der Waals surface area contributed by atoms with Crippen LogP contribution in [0.2, 0.25) is 0 Å². The van der Waals surface area contributed by atoms with E-state index >= 15 is 0 Å². The molecule has 2 aromatic rings. The first-order valence-corrected chi connectivity index (χ1v) is 6.63. The third-order valence-electron chi connectivity index (χ3n) is 2.87. The predicted molar refractivity (Wildman–Crippen MR) is 75.9 cm³/mol. The topological polar surface area (TPSA) is 80.0 Å². The number of nitrogens with one attached hydrogen (secondary N) is 1. The fourth-order valence-electron chi connectivity index (χ4n) is 1.92. The summed E-state index contributed by atoms with van der Waals surface area (Å²) in [6.07, 6.45) is 7.06. The molecule has 0 saturated carbocycles. The zero-order valence-corrected chi connectivity index (χ0v) is 11.4. The van der Waals surface area contributed by atoms with Crippen molar-refractivity contribution in [2.75, 3.05) is 11.9 Å². The molecule has 0 saturated heterocycles. The molecule has 0 bridgehead atoms. The number of aromatic nitrogens is 3. The molecule has 6 nitrogen and oxygen atoms in total. The number of pyridine rings is 1. The molecule has 0 fully saturated rings. The van der Waals surface area contributed by atoms with Gasteiger partial charge in [-0.1, -0.05) is 13.3 Å². The molecule has 0 atom stereocenters. The average Bonchev–Trinajstić information content (AvgIpc) is 2.92. The summed E-state index contributed by atoms with van der Waals surface area (Å²) in [4.78, 5) is 19.5. The van der Waals surface area contributed by atoms with Gasteiger partial charge < -0.3 is 15.0 Å². The zero-order valence-electron chi connectivity index (χ0n) is 11.4. The minimum absolute atomic E-state index is 0.272. The molecule has 0 amide bonds. The van der Waals surface area contributed by atoms with Crippen molar-refractivity contribution in [3.8, 4) is 0 Å². The summed E-state index contributed by atoms with van der Waals surface area (Å²) in [6, 6.07) is 3.20. The number of hydrogen-bond acceptors (Lipinski definition) is 4. The van der Waals surface area contributed by atoms with Crippen LogP contribution >= 0.6 is 0 Å². The van der Waals surface area contributed by atoms with Crippen molar-refractivity contribution >= 4 is 11.8 Å². The van der Waals surface area contributed by atoms with E-state index in [4.69, 9.17) is 5.11 Å². The van der Waals surface area contributed by atoms with Gasteiger partial charge in [-0.15, -0.1) is 0 Å². The summed E-state index contributed by atoms with van der Waals surface area (Å²) < 4.78 is 1.95. The van der Waals surface area contributed by atoms with Crippen LogP contribution in [0.15, 0.2) is 30.9 Å². The molecular formula is C14H18N4O2. The van der Waals surface area contributed by atoms with Gasteiger partial charge in [0.1, 0.15) is 5.82 Å². The first-order chi connectivity index (χ1) is 9.69. The lowest BCUT2D eigenvalue weighted by atomic mass is 10.1. The van der Waals surface area contributed by atoms with Crippen LogP contribution in [0.3, 0.4) is 0 Å². The Morgan fingerprint density at radius 1 is 1.45 bits per heavy atom. The molecule has 2 N–H and O–H groups in total. The maximum atomic E-state index is 11.1. The summed E-state index contributed by atoms with van der Waals surface area (Å²) in [5.41, 5.74) is 1.08. The third-order valence-corrected chi connectivity index (χ3v) is 2.87. The van der Waals surface area contributed by atoms with Crippen LogP contribution in [0, 0.1) is 0 Å². The molecule has 2 heterocycles. The second kappa shape index (κ2) is 6.70. The maximum absolute atomic E-state index is 11.1. The van der Waals surface area contributed by atoms with E-state index in [0.717, 1.165) is 25.1 Å². The number of aromatic carboxylic acids is 1. The first-order valence-electron chi connectivity index (χ1n) is 6.63. The van der Waals surface area contributed by atoms with Crippen LogP contribution in [0.1, 0.15) is 29.4 Å². The van der Waals surface area contributed by atoms with Crippen molar-refractivity contribution in [2.45, 2.75) is 26.3 Å². The second-order valence-electron chi connectivity index (χ2n) is 4.51. The van der Waals surface area contributed by atoms with Gasteiger partial charge >= 0.3 is 5.97 Å². The largest absolute Gasteiger partial charge is 0.478 e. The molecule has 6 heteroatoms. The minimum atomic E-state index is -0.928. The van der Waals surface area contributed by atoms with Crippen LogP contribution < -0.4 is 5.32 Å². The lowest BCUT2D eigenvalue weighted by Crippen LogP contribution is -2.12. The highest BCUT2D eigenvalue weighted by Gasteiger charge is 2.08. The number of imidazole rings is 1. The Labute approximate surface area is 117 Å². The molecule has 0 aliphatic rings. The summed E-state index contributed by atoms with van der Waals surface area (Å²) in [5, 5.41) is 12.3. The number of carbonyl (C=O) groups is 1. The number of rotatable bonds is 7. The lowest BCUT2D eigenvalue weighted by molar-refractivity contribution is 0.0696. The average molecular weight is 274 g/mol. The van der Waals surface area contributed by atoms with Crippen molar-refractivity contribution in [2.24, 2.45) is 0 Å². The molecule has 20 heavy (non-hydrogen) atoms. The Balaban J connectivity index is 2.03. The smallest absolute Gasteiger partial charge is 0.335 e. The molecule has 106 valence electrons. The van der Waals surface area contributed by atoms with E-state index in [2.05, 4.69) is 15.3 Å². The number of carboxylic acids is 1. The lowest BCUT2D eigenvalue weighted by Gasteiger charge is -2.09. The van der Waals surface area contributed by atoms with E-state index in [1.54, 1.807) is 24.7 Å².